The van der Waals surface area contributed by atoms with Crippen LogP contribution in [0.25, 0.3) is 0 Å². The number of halogens is 5. The number of benzene rings is 2. The van der Waals surface area contributed by atoms with Crippen LogP contribution < -0.4 is 16.0 Å². The Balaban J connectivity index is 1.12. The molecule has 0 radical (unpaired) electrons. The van der Waals surface area contributed by atoms with Crippen LogP contribution >= 0.6 is 0 Å². The van der Waals surface area contributed by atoms with Crippen molar-refractivity contribution in [2.45, 2.75) is 216 Å². The zero-order valence-electron chi connectivity index (χ0n) is 66.3. The Morgan fingerprint density at radius 3 is 1.87 bits per heavy atom. The van der Waals surface area contributed by atoms with Gasteiger partial charge in [-0.3, -0.25) is 67.1 Å². The smallest absolute Gasteiger partial charge is 0.378 e. The first-order valence-electron chi connectivity index (χ1n) is 39.4. The van der Waals surface area contributed by atoms with Crippen molar-refractivity contribution < 1.29 is 108 Å². The molecule has 2 aromatic rings. The predicted octanol–water partition coefficient (Wildman–Crippen LogP) is 3.37. The first-order chi connectivity index (χ1) is 54.0. The van der Waals surface area contributed by atoms with E-state index in [-0.39, 0.29) is 107 Å². The van der Waals surface area contributed by atoms with Gasteiger partial charge >= 0.3 is 12.1 Å². The number of fused-ring (bicyclic) bond motifs is 4. The Bertz CT molecular complexity index is 3930. The topological polar surface area (TPSA) is 352 Å². The van der Waals surface area contributed by atoms with Crippen LogP contribution in [0.2, 0.25) is 0 Å². The van der Waals surface area contributed by atoms with E-state index in [4.69, 9.17) is 14.3 Å². The molecule has 6 fully saturated rings. The normalized spacial score (nSPS) is 26.3. The number of likely N-dealkylation sites (N-methyl/N-ethyl adjacent to an activating group) is 6. The Kier molecular flexibility index (Phi) is 29.5. The zero-order valence-corrected chi connectivity index (χ0v) is 66.3. The standard InChI is InChI=1S/C78H106F5N13O18/c1-11-45(5)64-74(109)88(7)44-61(99)90(9)55-27-16-15-21-32-94(73(55)108)58(41-62(100)114-96-68(103)49-25-19-20-26-50(49)69(96)104)71(106)87(6)43-59(97)84-53(29-28-46-37-51(79)63(52(80)38-46)78(81,82)83)70(105)95-42-48(113-14-4)39-56(95)67(102)86-77(30-22-31-77)76(111)91(10)65(47-23-17-18-24-47)75(110)93(13-3)57(72(107)92-33-35-112-36-34-92)40-60(98)89(8)54(12-2)66(101)85-64/h19-20,25-26,37-38,45,47-48,53-58,64-65H,11-18,21-24,27-36,39-44H2,1-10H3,(H,84,97)(H,85,101)(H,86,102)/t45-,48+,53-,54-,55-,56-,57-,58-,64-,65-/m0/s1. The zero-order chi connectivity index (χ0) is 83.5. The number of aryl methyl sites for hydroxylation is 1. The van der Waals surface area contributed by atoms with Gasteiger partial charge in [0.25, 0.3) is 11.8 Å². The Labute approximate surface area is 658 Å². The van der Waals surface area contributed by atoms with Crippen molar-refractivity contribution in [2.75, 3.05) is 101 Å². The van der Waals surface area contributed by atoms with E-state index in [1.807, 2.05) is 0 Å². The maximum absolute atomic E-state index is 15.9. The van der Waals surface area contributed by atoms with Crippen molar-refractivity contribution >= 4 is 88.7 Å². The summed E-state index contributed by atoms with van der Waals surface area (Å²) in [7, 11) is 6.41. The summed E-state index contributed by atoms with van der Waals surface area (Å²) < 4.78 is 83.9. The minimum Gasteiger partial charge on any atom is -0.378 e. The van der Waals surface area contributed by atoms with E-state index in [2.05, 4.69) is 16.0 Å². The van der Waals surface area contributed by atoms with Crippen LogP contribution in [0, 0.1) is 23.5 Å². The van der Waals surface area contributed by atoms with Crippen LogP contribution in [0.15, 0.2) is 36.4 Å². The largest absolute Gasteiger partial charge is 0.422 e. The van der Waals surface area contributed by atoms with Gasteiger partial charge in [-0.2, -0.15) is 13.2 Å². The van der Waals surface area contributed by atoms with Gasteiger partial charge in [-0.05, 0) is 120 Å². The number of nitrogens with one attached hydrogen (secondary N) is 3. The van der Waals surface area contributed by atoms with Gasteiger partial charge in [-0.15, -0.1) is 0 Å². The van der Waals surface area contributed by atoms with Gasteiger partial charge in [0.2, 0.25) is 70.9 Å². The fraction of sp³-hybridized carbons (Fsp3) is 0.654. The van der Waals surface area contributed by atoms with Crippen molar-refractivity contribution in [3.8, 4) is 0 Å². The van der Waals surface area contributed by atoms with E-state index in [0.29, 0.717) is 63.5 Å². The lowest BCUT2D eigenvalue weighted by Crippen LogP contribution is -2.68. The van der Waals surface area contributed by atoms with Crippen LogP contribution in [0.4, 0.5) is 22.0 Å². The van der Waals surface area contributed by atoms with E-state index in [1.54, 1.807) is 34.6 Å². The Hall–Kier alpha value is -9.74. The van der Waals surface area contributed by atoms with E-state index in [1.165, 1.54) is 67.2 Å². The van der Waals surface area contributed by atoms with Crippen molar-refractivity contribution in [1.82, 2.24) is 65.1 Å². The molecule has 2 bridgehead atoms. The van der Waals surface area contributed by atoms with Gasteiger partial charge in [0.1, 0.15) is 71.1 Å². The molecule has 114 heavy (non-hydrogen) atoms. The molecule has 5 aliphatic heterocycles. The molecule has 4 saturated heterocycles. The molecule has 10 atom stereocenters. The molecular formula is C78H106F5N13O18. The van der Waals surface area contributed by atoms with Crippen LogP contribution in [0.3, 0.4) is 0 Å². The molecule has 31 nitrogen and oxygen atoms in total. The number of ether oxygens (including phenoxy) is 2. The van der Waals surface area contributed by atoms with Crippen molar-refractivity contribution in [1.29, 1.82) is 0 Å². The molecule has 36 heteroatoms. The van der Waals surface area contributed by atoms with E-state index < -0.39 is 228 Å². The predicted molar refractivity (Wildman–Crippen MR) is 395 cm³/mol. The Morgan fingerprint density at radius 1 is 0.667 bits per heavy atom. The minimum atomic E-state index is -5.47. The average Bonchev–Trinajstić information content (AvgIpc) is 0.999. The van der Waals surface area contributed by atoms with E-state index in [9.17, 15) is 46.7 Å². The SMILES string of the molecule is CCO[C@@H]1C[C@H]2C(=O)NC3(CCC3)C(=O)N(C)[C@@H](C3CCCC3)C(=O)N(CC)[C@H](C(=O)N3CCOCC3)CC(=O)N(C)[C@@H](CC)C(=O)N[C@@H]([C@@H](C)CC)C(=O)N(C)CC(=O)N(C)[C@H]3CCCCCN(C3=O)[C@@H](CC(=O)ON3C(=O)c4ccccc4C3=O)C(=O)N(C)CC(=O)N[C@@H](CCc3cc(F)c(C(F)(F)F)c(F)c3)C(=O)N2C1. The number of hydrogen-bond acceptors (Lipinski definition) is 18. The maximum atomic E-state index is 15.9. The maximum Gasteiger partial charge on any atom is 0.422 e. The van der Waals surface area contributed by atoms with Crippen molar-refractivity contribution in [2.24, 2.45) is 11.8 Å². The fourth-order valence-corrected chi connectivity index (χ4v) is 16.6. The molecule has 1 spiro atoms. The molecule has 14 amide bonds. The van der Waals surface area contributed by atoms with Crippen molar-refractivity contribution in [3.05, 3.63) is 70.3 Å². The van der Waals surface area contributed by atoms with Gasteiger partial charge in [-0.1, -0.05) is 70.1 Å². The highest BCUT2D eigenvalue weighted by atomic mass is 19.4. The highest BCUT2D eigenvalue weighted by Crippen LogP contribution is 2.40. The van der Waals surface area contributed by atoms with Crippen LogP contribution in [-0.4, -0.2) is 299 Å². The number of carbonyl (C=O) groups is 15. The lowest BCUT2D eigenvalue weighted by molar-refractivity contribution is -0.172. The van der Waals surface area contributed by atoms with Crippen molar-refractivity contribution in [3.63, 3.8) is 0 Å². The summed E-state index contributed by atoms with van der Waals surface area (Å²) in [4.78, 5) is 240. The summed E-state index contributed by atoms with van der Waals surface area (Å²) in [5, 5.41) is 8.43. The quantitative estimate of drug-likeness (QED) is 0.180. The molecule has 7 aliphatic rings. The summed E-state index contributed by atoms with van der Waals surface area (Å²) in [6.07, 6.45) is -5.90. The molecule has 2 aromatic carbocycles. The fourth-order valence-electron chi connectivity index (χ4n) is 16.6. The lowest BCUT2D eigenvalue weighted by atomic mass is 9.74. The van der Waals surface area contributed by atoms with Crippen LogP contribution in [-0.2, 0) is 89.2 Å². The third-order valence-corrected chi connectivity index (χ3v) is 23.4. The van der Waals surface area contributed by atoms with Gasteiger partial charge in [-0.25, -0.2) is 13.6 Å². The first kappa shape index (κ1) is 88.2. The number of carbonyl (C=O) groups excluding carboxylic acids is 15. The molecular weight excluding hydrogens is 1500 g/mol. The van der Waals surface area contributed by atoms with Gasteiger partial charge in [0.15, 0.2) is 0 Å². The minimum absolute atomic E-state index is 0.0236. The number of alkyl halides is 3. The highest BCUT2D eigenvalue weighted by Gasteiger charge is 2.55. The van der Waals surface area contributed by atoms with E-state index >= 15 is 47.1 Å². The summed E-state index contributed by atoms with van der Waals surface area (Å²) in [5.74, 6) is -19.0. The molecule has 9 rings (SSSR count). The third-order valence-electron chi connectivity index (χ3n) is 23.4. The second-order valence-electron chi connectivity index (χ2n) is 30.7. The van der Waals surface area contributed by atoms with E-state index in [0.717, 1.165) is 36.4 Å². The molecule has 2 saturated carbocycles. The number of rotatable bonds is 14. The molecule has 0 unspecified atom stereocenters. The highest BCUT2D eigenvalue weighted by molar-refractivity contribution is 6.21. The van der Waals surface area contributed by atoms with Crippen LogP contribution in [0.5, 0.6) is 0 Å². The van der Waals surface area contributed by atoms with Crippen LogP contribution in [0.1, 0.15) is 176 Å². The number of hydrogen-bond donors (Lipinski definition) is 3. The summed E-state index contributed by atoms with van der Waals surface area (Å²) in [6.45, 7) is 6.27. The number of amides is 14. The molecule has 626 valence electrons. The number of morpholine rings is 1. The monoisotopic (exact) mass is 1610 g/mol. The first-order valence-corrected chi connectivity index (χ1v) is 39.4. The average molecular weight is 1610 g/mol. The van der Waals surface area contributed by atoms with Gasteiger partial charge in [0, 0.05) is 81.0 Å². The summed E-state index contributed by atoms with van der Waals surface area (Å²) in [5.41, 5.74) is -4.61. The Morgan fingerprint density at radius 2 is 1.29 bits per heavy atom. The molecule has 2 aliphatic carbocycles. The molecule has 5 heterocycles. The lowest BCUT2D eigenvalue weighted by Gasteiger charge is -2.47. The van der Waals surface area contributed by atoms with Gasteiger partial charge in [0.05, 0.1) is 56.4 Å². The van der Waals surface area contributed by atoms with Gasteiger partial charge < -0.3 is 74.4 Å². The number of nitrogens with zero attached hydrogens (tertiary/aromatic N) is 10. The summed E-state index contributed by atoms with van der Waals surface area (Å²) >= 11 is 0. The number of imide groups is 1. The second-order valence-corrected chi connectivity index (χ2v) is 30.7. The second kappa shape index (κ2) is 38.1. The number of hydroxylamine groups is 2. The summed E-state index contributed by atoms with van der Waals surface area (Å²) in [6, 6.07) is -5.95. The third kappa shape index (κ3) is 19.6. The molecule has 0 aromatic heterocycles. The molecule has 3 N–H and O–H groups in total.